The van der Waals surface area contributed by atoms with Crippen molar-refractivity contribution in [2.45, 2.75) is 37.8 Å². The molecule has 1 aliphatic carbocycles. The third kappa shape index (κ3) is 2.66. The smallest absolute Gasteiger partial charge is 0.229 e. The van der Waals surface area contributed by atoms with Crippen LogP contribution in [0.2, 0.25) is 0 Å². The number of nitrogens with one attached hydrogen (secondary N) is 2. The van der Waals surface area contributed by atoms with E-state index in [2.05, 4.69) is 29.5 Å². The number of nitrogens with zero attached hydrogens (tertiary/aromatic N) is 1. The predicted octanol–water partition coefficient (Wildman–Crippen LogP) is 1.79. The summed E-state index contributed by atoms with van der Waals surface area (Å²) in [5, 5.41) is 6.41. The van der Waals surface area contributed by atoms with Gasteiger partial charge in [0, 0.05) is 30.9 Å². The van der Waals surface area contributed by atoms with Gasteiger partial charge in [-0.05, 0) is 38.4 Å². The van der Waals surface area contributed by atoms with Crippen molar-refractivity contribution in [2.24, 2.45) is 0 Å². The van der Waals surface area contributed by atoms with Crippen LogP contribution in [0.15, 0.2) is 24.3 Å². The average Bonchev–Trinajstić information content (AvgIpc) is 3.23. The Labute approximate surface area is 120 Å². The fourth-order valence-electron chi connectivity index (χ4n) is 2.87. The van der Waals surface area contributed by atoms with Crippen molar-refractivity contribution in [2.75, 3.05) is 25.5 Å². The van der Waals surface area contributed by atoms with Crippen LogP contribution < -0.4 is 10.6 Å². The quantitative estimate of drug-likeness (QED) is 0.860. The van der Waals surface area contributed by atoms with Crippen molar-refractivity contribution in [1.29, 1.82) is 0 Å². The Balaban J connectivity index is 1.55. The van der Waals surface area contributed by atoms with E-state index >= 15 is 0 Å². The van der Waals surface area contributed by atoms with Crippen molar-refractivity contribution >= 4 is 11.6 Å². The molecule has 1 aliphatic heterocycles. The Morgan fingerprint density at radius 2 is 2.20 bits per heavy atom. The molecule has 1 saturated carbocycles. The zero-order valence-electron chi connectivity index (χ0n) is 12.2. The van der Waals surface area contributed by atoms with Crippen LogP contribution in [0.3, 0.4) is 0 Å². The van der Waals surface area contributed by atoms with E-state index in [9.17, 15) is 4.79 Å². The second-order valence-corrected chi connectivity index (χ2v) is 6.01. The topological polar surface area (TPSA) is 44.4 Å². The number of rotatable bonds is 5. The van der Waals surface area contributed by atoms with Gasteiger partial charge in [0.15, 0.2) is 0 Å². The summed E-state index contributed by atoms with van der Waals surface area (Å²) in [7, 11) is 2.15. The third-order valence-electron chi connectivity index (χ3n) is 4.54. The first kappa shape index (κ1) is 13.4. The Hall–Kier alpha value is -1.55. The Morgan fingerprint density at radius 1 is 1.45 bits per heavy atom. The van der Waals surface area contributed by atoms with E-state index in [0.29, 0.717) is 12.6 Å². The van der Waals surface area contributed by atoms with Gasteiger partial charge in [-0.3, -0.25) is 9.69 Å². The van der Waals surface area contributed by atoms with Crippen LogP contribution in [0.1, 0.15) is 31.2 Å². The highest BCUT2D eigenvalue weighted by Gasteiger charge is 2.31. The number of likely N-dealkylation sites (N-methyl/N-ethyl adjacent to an activating group) is 1. The van der Waals surface area contributed by atoms with Gasteiger partial charge in [0.25, 0.3) is 0 Å². The number of carbonyl (C=O) groups excluding carboxylic acids is 1. The lowest BCUT2D eigenvalue weighted by molar-refractivity contribution is -0.122. The molecule has 0 aromatic heterocycles. The highest BCUT2D eigenvalue weighted by molar-refractivity contribution is 5.88. The molecule has 0 spiro atoms. The second kappa shape index (κ2) is 5.44. The molecule has 1 fully saturated rings. The molecule has 2 unspecified atom stereocenters. The van der Waals surface area contributed by atoms with Crippen LogP contribution in [0.25, 0.3) is 0 Å². The largest absolute Gasteiger partial charge is 0.384 e. The minimum atomic E-state index is -0.0513. The molecule has 0 saturated heterocycles. The SMILES string of the molecule is CC(CNC(=O)C1CNc2ccccc21)N(C)C1CC1. The molecule has 4 nitrogen and oxygen atoms in total. The number of hydrogen-bond acceptors (Lipinski definition) is 3. The van der Waals surface area contributed by atoms with Gasteiger partial charge in [0.2, 0.25) is 5.91 Å². The minimum absolute atomic E-state index is 0.0513. The van der Waals surface area contributed by atoms with E-state index in [-0.39, 0.29) is 11.8 Å². The summed E-state index contributed by atoms with van der Waals surface area (Å²) in [6.45, 7) is 3.61. The van der Waals surface area contributed by atoms with Gasteiger partial charge < -0.3 is 10.6 Å². The maximum absolute atomic E-state index is 12.4. The number of benzene rings is 1. The first-order chi connectivity index (χ1) is 9.66. The maximum atomic E-state index is 12.4. The predicted molar refractivity (Wildman–Crippen MR) is 80.9 cm³/mol. The lowest BCUT2D eigenvalue weighted by Gasteiger charge is -2.25. The number of para-hydroxylation sites is 1. The fraction of sp³-hybridized carbons (Fsp3) is 0.562. The normalized spacial score (nSPS) is 22.2. The summed E-state index contributed by atoms with van der Waals surface area (Å²) in [6.07, 6.45) is 2.60. The summed E-state index contributed by atoms with van der Waals surface area (Å²) in [5.74, 6) is 0.0862. The number of anilines is 1. The lowest BCUT2D eigenvalue weighted by Crippen LogP contribution is -2.42. The molecule has 2 aliphatic rings. The standard InChI is InChI=1S/C16H23N3O/c1-11(19(2)12-7-8-12)9-18-16(20)14-10-17-15-6-4-3-5-13(14)15/h3-6,11-12,14,17H,7-10H2,1-2H3,(H,18,20). The highest BCUT2D eigenvalue weighted by Crippen LogP contribution is 2.31. The van der Waals surface area contributed by atoms with Crippen LogP contribution in [0, 0.1) is 0 Å². The molecule has 1 aromatic carbocycles. The molecule has 4 heteroatoms. The summed E-state index contributed by atoms with van der Waals surface area (Å²) >= 11 is 0. The van der Waals surface area contributed by atoms with Crippen LogP contribution in [0.5, 0.6) is 0 Å². The molecule has 20 heavy (non-hydrogen) atoms. The number of carbonyl (C=O) groups is 1. The van der Waals surface area contributed by atoms with Gasteiger partial charge in [-0.25, -0.2) is 0 Å². The van der Waals surface area contributed by atoms with Gasteiger partial charge in [-0.1, -0.05) is 18.2 Å². The van der Waals surface area contributed by atoms with Crippen molar-refractivity contribution in [3.05, 3.63) is 29.8 Å². The molecule has 2 N–H and O–H groups in total. The van der Waals surface area contributed by atoms with Gasteiger partial charge in [-0.15, -0.1) is 0 Å². The monoisotopic (exact) mass is 273 g/mol. The molecular formula is C16H23N3O. The van der Waals surface area contributed by atoms with Crippen LogP contribution >= 0.6 is 0 Å². The molecule has 1 aromatic rings. The molecule has 3 rings (SSSR count). The Bertz CT molecular complexity index is 498. The van der Waals surface area contributed by atoms with Crippen molar-refractivity contribution < 1.29 is 4.79 Å². The molecule has 108 valence electrons. The molecule has 1 heterocycles. The van der Waals surface area contributed by atoms with Crippen LogP contribution in [-0.4, -0.2) is 43.0 Å². The average molecular weight is 273 g/mol. The Kier molecular flexibility index (Phi) is 3.66. The van der Waals surface area contributed by atoms with E-state index in [1.165, 1.54) is 12.8 Å². The zero-order chi connectivity index (χ0) is 14.1. The maximum Gasteiger partial charge on any atom is 0.229 e. The summed E-state index contributed by atoms with van der Waals surface area (Å²) in [5.41, 5.74) is 2.21. The molecular weight excluding hydrogens is 250 g/mol. The lowest BCUT2D eigenvalue weighted by atomic mass is 10.0. The number of fused-ring (bicyclic) bond motifs is 1. The first-order valence-corrected chi connectivity index (χ1v) is 7.49. The van der Waals surface area contributed by atoms with Crippen LogP contribution in [-0.2, 0) is 4.79 Å². The molecule has 0 radical (unpaired) electrons. The van der Waals surface area contributed by atoms with E-state index in [1.807, 2.05) is 24.3 Å². The first-order valence-electron chi connectivity index (χ1n) is 7.49. The molecule has 1 amide bonds. The van der Waals surface area contributed by atoms with E-state index in [0.717, 1.165) is 23.8 Å². The molecule has 0 bridgehead atoms. The number of amides is 1. The summed E-state index contributed by atoms with van der Waals surface area (Å²) < 4.78 is 0. The van der Waals surface area contributed by atoms with E-state index in [1.54, 1.807) is 0 Å². The zero-order valence-corrected chi connectivity index (χ0v) is 12.2. The van der Waals surface area contributed by atoms with E-state index in [4.69, 9.17) is 0 Å². The number of hydrogen-bond donors (Lipinski definition) is 2. The second-order valence-electron chi connectivity index (χ2n) is 6.01. The van der Waals surface area contributed by atoms with Gasteiger partial charge >= 0.3 is 0 Å². The van der Waals surface area contributed by atoms with Gasteiger partial charge in [0.1, 0.15) is 0 Å². The van der Waals surface area contributed by atoms with Gasteiger partial charge in [0.05, 0.1) is 5.92 Å². The highest BCUT2D eigenvalue weighted by atomic mass is 16.1. The van der Waals surface area contributed by atoms with Gasteiger partial charge in [-0.2, -0.15) is 0 Å². The third-order valence-corrected chi connectivity index (χ3v) is 4.54. The fourth-order valence-corrected chi connectivity index (χ4v) is 2.87. The van der Waals surface area contributed by atoms with Crippen LogP contribution in [0.4, 0.5) is 5.69 Å². The summed E-state index contributed by atoms with van der Waals surface area (Å²) in [6, 6.07) is 9.20. The van der Waals surface area contributed by atoms with Crippen molar-refractivity contribution in [3.8, 4) is 0 Å². The summed E-state index contributed by atoms with van der Waals surface area (Å²) in [4.78, 5) is 14.7. The van der Waals surface area contributed by atoms with Crippen molar-refractivity contribution in [1.82, 2.24) is 10.2 Å². The van der Waals surface area contributed by atoms with Crippen molar-refractivity contribution in [3.63, 3.8) is 0 Å². The minimum Gasteiger partial charge on any atom is -0.384 e. The van der Waals surface area contributed by atoms with E-state index < -0.39 is 0 Å². The Morgan fingerprint density at radius 3 is 2.95 bits per heavy atom. The molecule has 2 atom stereocenters.